The van der Waals surface area contributed by atoms with E-state index >= 15 is 0 Å². The van der Waals surface area contributed by atoms with E-state index < -0.39 is 6.10 Å². The highest BCUT2D eigenvalue weighted by molar-refractivity contribution is 5.38. The van der Waals surface area contributed by atoms with Crippen LogP contribution in [0.15, 0.2) is 18.2 Å². The van der Waals surface area contributed by atoms with Crippen LogP contribution in [-0.4, -0.2) is 10.7 Å². The smallest absolute Gasteiger partial charge is 0.128 e. The summed E-state index contributed by atoms with van der Waals surface area (Å²) in [5, 5.41) is 10.2. The molecule has 1 spiro atoms. The second-order valence-electron chi connectivity index (χ2n) is 5.25. The first-order valence-electron chi connectivity index (χ1n) is 6.35. The van der Waals surface area contributed by atoms with Gasteiger partial charge in [-0.1, -0.05) is 6.42 Å². The molecule has 0 saturated heterocycles. The van der Waals surface area contributed by atoms with E-state index in [2.05, 4.69) is 0 Å². The van der Waals surface area contributed by atoms with E-state index in [1.54, 1.807) is 6.07 Å². The van der Waals surface area contributed by atoms with Crippen molar-refractivity contribution in [1.29, 1.82) is 0 Å². The SMILES string of the molecule is O[C@@H]1CC2(CCCCC2)Oc2cc(F)ccc21. The van der Waals surface area contributed by atoms with Gasteiger partial charge < -0.3 is 9.84 Å². The maximum Gasteiger partial charge on any atom is 0.128 e. The summed E-state index contributed by atoms with van der Waals surface area (Å²) in [6.45, 7) is 0. The monoisotopic (exact) mass is 236 g/mol. The molecule has 17 heavy (non-hydrogen) atoms. The minimum Gasteiger partial charge on any atom is -0.487 e. The van der Waals surface area contributed by atoms with Crippen LogP contribution < -0.4 is 4.74 Å². The second kappa shape index (κ2) is 3.98. The van der Waals surface area contributed by atoms with Crippen molar-refractivity contribution in [2.24, 2.45) is 0 Å². The molecule has 1 aromatic carbocycles. The van der Waals surface area contributed by atoms with Crippen molar-refractivity contribution in [3.05, 3.63) is 29.6 Å². The summed E-state index contributed by atoms with van der Waals surface area (Å²) in [4.78, 5) is 0. The van der Waals surface area contributed by atoms with Crippen LogP contribution in [0.2, 0.25) is 0 Å². The largest absolute Gasteiger partial charge is 0.487 e. The first-order valence-corrected chi connectivity index (χ1v) is 6.35. The van der Waals surface area contributed by atoms with Crippen molar-refractivity contribution < 1.29 is 14.2 Å². The van der Waals surface area contributed by atoms with Crippen LogP contribution in [0.1, 0.15) is 50.2 Å². The maximum absolute atomic E-state index is 13.2. The number of hydrogen-bond acceptors (Lipinski definition) is 2. The number of halogens is 1. The molecular weight excluding hydrogens is 219 g/mol. The van der Waals surface area contributed by atoms with Gasteiger partial charge in [-0.3, -0.25) is 0 Å². The molecule has 0 aromatic heterocycles. The summed E-state index contributed by atoms with van der Waals surface area (Å²) in [6, 6.07) is 4.41. The highest BCUT2D eigenvalue weighted by Crippen LogP contribution is 2.46. The van der Waals surface area contributed by atoms with E-state index in [0.29, 0.717) is 12.2 Å². The van der Waals surface area contributed by atoms with Crippen LogP contribution in [-0.2, 0) is 0 Å². The van der Waals surface area contributed by atoms with E-state index in [1.165, 1.54) is 18.6 Å². The Balaban J connectivity index is 1.95. The van der Waals surface area contributed by atoms with E-state index in [1.807, 2.05) is 0 Å². The van der Waals surface area contributed by atoms with Crippen molar-refractivity contribution in [2.45, 2.75) is 50.2 Å². The molecule has 1 fully saturated rings. The molecule has 0 bridgehead atoms. The Morgan fingerprint density at radius 1 is 1.24 bits per heavy atom. The highest BCUT2D eigenvalue weighted by atomic mass is 19.1. The fraction of sp³-hybridized carbons (Fsp3) is 0.571. The number of aliphatic hydroxyl groups excluding tert-OH is 1. The van der Waals surface area contributed by atoms with Gasteiger partial charge in [0, 0.05) is 18.1 Å². The Hall–Kier alpha value is -1.09. The summed E-state index contributed by atoms with van der Waals surface area (Å²) in [5.74, 6) is 0.231. The third kappa shape index (κ3) is 1.93. The number of fused-ring (bicyclic) bond motifs is 1. The molecule has 1 N–H and O–H groups in total. The van der Waals surface area contributed by atoms with Gasteiger partial charge in [0.2, 0.25) is 0 Å². The van der Waals surface area contributed by atoms with E-state index in [0.717, 1.165) is 31.2 Å². The first kappa shape index (κ1) is 11.0. The maximum atomic E-state index is 13.2. The summed E-state index contributed by atoms with van der Waals surface area (Å²) < 4.78 is 19.2. The molecule has 3 heteroatoms. The normalized spacial score (nSPS) is 26.4. The number of rotatable bonds is 0. The predicted molar refractivity (Wildman–Crippen MR) is 62.4 cm³/mol. The Kier molecular flexibility index (Phi) is 2.58. The van der Waals surface area contributed by atoms with E-state index in [9.17, 15) is 9.50 Å². The fourth-order valence-electron chi connectivity index (χ4n) is 3.11. The molecule has 2 nitrogen and oxygen atoms in total. The van der Waals surface area contributed by atoms with Crippen LogP contribution in [0, 0.1) is 5.82 Å². The van der Waals surface area contributed by atoms with Crippen molar-refractivity contribution in [2.75, 3.05) is 0 Å². The van der Waals surface area contributed by atoms with Crippen molar-refractivity contribution in [3.63, 3.8) is 0 Å². The standard InChI is InChI=1S/C14H17FO2/c15-10-4-5-11-12(16)9-14(17-13(11)8-10)6-2-1-3-7-14/h4-5,8,12,16H,1-3,6-7,9H2/t12-/m1/s1. The third-order valence-corrected chi connectivity index (χ3v) is 3.99. The molecule has 0 unspecified atom stereocenters. The summed E-state index contributed by atoms with van der Waals surface area (Å²) >= 11 is 0. The highest BCUT2D eigenvalue weighted by Gasteiger charge is 2.41. The molecule has 1 saturated carbocycles. The lowest BCUT2D eigenvalue weighted by Crippen LogP contribution is -2.42. The summed E-state index contributed by atoms with van der Waals surface area (Å²) in [7, 11) is 0. The number of aliphatic hydroxyl groups is 1. The van der Waals surface area contributed by atoms with Gasteiger partial charge in [-0.2, -0.15) is 0 Å². The Labute approximate surface area is 100 Å². The Morgan fingerprint density at radius 2 is 2.00 bits per heavy atom. The molecule has 1 aromatic rings. The molecule has 0 radical (unpaired) electrons. The van der Waals surface area contributed by atoms with Crippen LogP contribution in [0.25, 0.3) is 0 Å². The minimum absolute atomic E-state index is 0.252. The van der Waals surface area contributed by atoms with Crippen LogP contribution in [0.5, 0.6) is 5.75 Å². The second-order valence-corrected chi connectivity index (χ2v) is 5.25. The molecule has 3 rings (SSSR count). The molecular formula is C14H17FO2. The van der Waals surface area contributed by atoms with Crippen molar-refractivity contribution in [3.8, 4) is 5.75 Å². The zero-order valence-electron chi connectivity index (χ0n) is 9.79. The molecule has 1 aliphatic heterocycles. The molecule has 1 heterocycles. The van der Waals surface area contributed by atoms with Gasteiger partial charge in [-0.25, -0.2) is 4.39 Å². The summed E-state index contributed by atoms with van der Waals surface area (Å²) in [6.07, 6.45) is 5.58. The number of hydrogen-bond donors (Lipinski definition) is 1. The molecule has 2 aliphatic rings. The third-order valence-electron chi connectivity index (χ3n) is 3.99. The lowest BCUT2D eigenvalue weighted by atomic mass is 9.78. The Bertz CT molecular complexity index is 424. The van der Waals surface area contributed by atoms with Crippen LogP contribution in [0.3, 0.4) is 0 Å². The van der Waals surface area contributed by atoms with Gasteiger partial charge >= 0.3 is 0 Å². The zero-order chi connectivity index (χ0) is 11.9. The quantitative estimate of drug-likeness (QED) is 0.748. The molecule has 1 aliphatic carbocycles. The van der Waals surface area contributed by atoms with Gasteiger partial charge in [0.25, 0.3) is 0 Å². The molecule has 0 amide bonds. The number of ether oxygens (including phenoxy) is 1. The zero-order valence-corrected chi connectivity index (χ0v) is 9.79. The van der Waals surface area contributed by atoms with Crippen LogP contribution in [0.4, 0.5) is 4.39 Å². The molecule has 92 valence electrons. The predicted octanol–water partition coefficient (Wildman–Crippen LogP) is 3.34. The lowest BCUT2D eigenvalue weighted by molar-refractivity contribution is -0.0383. The average molecular weight is 236 g/mol. The Morgan fingerprint density at radius 3 is 2.76 bits per heavy atom. The van der Waals surface area contributed by atoms with Crippen molar-refractivity contribution in [1.82, 2.24) is 0 Å². The van der Waals surface area contributed by atoms with Gasteiger partial charge in [-0.15, -0.1) is 0 Å². The van der Waals surface area contributed by atoms with Gasteiger partial charge in [-0.05, 0) is 37.8 Å². The van der Waals surface area contributed by atoms with Gasteiger partial charge in [0.15, 0.2) is 0 Å². The minimum atomic E-state index is -0.516. The van der Waals surface area contributed by atoms with Crippen molar-refractivity contribution >= 4 is 0 Å². The van der Waals surface area contributed by atoms with Gasteiger partial charge in [0.05, 0.1) is 6.10 Å². The van der Waals surface area contributed by atoms with Crippen LogP contribution >= 0.6 is 0 Å². The fourth-order valence-corrected chi connectivity index (χ4v) is 3.11. The average Bonchev–Trinajstić information content (AvgIpc) is 2.29. The van der Waals surface area contributed by atoms with E-state index in [4.69, 9.17) is 4.74 Å². The van der Waals surface area contributed by atoms with E-state index in [-0.39, 0.29) is 11.4 Å². The summed E-state index contributed by atoms with van der Waals surface area (Å²) in [5.41, 5.74) is 0.473. The lowest BCUT2D eigenvalue weighted by Gasteiger charge is -2.43. The molecule has 1 atom stereocenters. The first-order chi connectivity index (χ1) is 8.19. The van der Waals surface area contributed by atoms with Gasteiger partial charge in [0.1, 0.15) is 17.2 Å². The number of benzene rings is 1. The topological polar surface area (TPSA) is 29.5 Å².